The Hall–Kier alpha value is -0.120. The van der Waals surface area contributed by atoms with Gasteiger partial charge >= 0.3 is 0 Å². The zero-order valence-electron chi connectivity index (χ0n) is 12.4. The molecule has 0 aromatic heterocycles. The van der Waals surface area contributed by atoms with Crippen LogP contribution in [0.2, 0.25) is 0 Å². The first kappa shape index (κ1) is 14.3. The van der Waals surface area contributed by atoms with Gasteiger partial charge in [0, 0.05) is 19.1 Å². The zero-order chi connectivity index (χ0) is 13.0. The second-order valence-corrected chi connectivity index (χ2v) is 6.53. The van der Waals surface area contributed by atoms with Crippen molar-refractivity contribution in [1.29, 1.82) is 0 Å². The van der Waals surface area contributed by atoms with Gasteiger partial charge in [0.1, 0.15) is 0 Å². The van der Waals surface area contributed by atoms with E-state index in [2.05, 4.69) is 31.0 Å². The molecule has 3 nitrogen and oxygen atoms in total. The number of hydrogen-bond donors (Lipinski definition) is 1. The van der Waals surface area contributed by atoms with Crippen LogP contribution in [0.25, 0.3) is 0 Å². The smallest absolute Gasteiger partial charge is 0.0710 e. The van der Waals surface area contributed by atoms with E-state index in [1.165, 1.54) is 38.6 Å². The summed E-state index contributed by atoms with van der Waals surface area (Å²) in [5.41, 5.74) is 0.111. The lowest BCUT2D eigenvalue weighted by atomic mass is 10.1. The summed E-state index contributed by atoms with van der Waals surface area (Å²) in [7, 11) is 0. The average Bonchev–Trinajstić information content (AvgIpc) is 2.87. The Morgan fingerprint density at radius 2 is 2.17 bits per heavy atom. The molecule has 18 heavy (non-hydrogen) atoms. The van der Waals surface area contributed by atoms with Gasteiger partial charge in [-0.3, -0.25) is 4.90 Å². The summed E-state index contributed by atoms with van der Waals surface area (Å²) in [4.78, 5) is 2.65. The molecular weight excluding hydrogens is 224 g/mol. The van der Waals surface area contributed by atoms with E-state index in [0.717, 1.165) is 25.7 Å². The van der Waals surface area contributed by atoms with E-state index in [9.17, 15) is 0 Å². The molecule has 2 heterocycles. The van der Waals surface area contributed by atoms with Crippen molar-refractivity contribution in [1.82, 2.24) is 10.2 Å². The van der Waals surface area contributed by atoms with Gasteiger partial charge in [0.25, 0.3) is 0 Å². The van der Waals surface area contributed by atoms with Crippen LogP contribution >= 0.6 is 0 Å². The molecule has 2 atom stereocenters. The van der Waals surface area contributed by atoms with Gasteiger partial charge in [-0.15, -0.1) is 0 Å². The average molecular weight is 254 g/mol. The predicted octanol–water partition coefficient (Wildman–Crippen LogP) is 2.41. The second kappa shape index (κ2) is 6.36. The van der Waals surface area contributed by atoms with Crippen LogP contribution in [0, 0.1) is 0 Å². The molecule has 2 aliphatic rings. The van der Waals surface area contributed by atoms with Crippen molar-refractivity contribution in [3.63, 3.8) is 0 Å². The van der Waals surface area contributed by atoms with E-state index in [4.69, 9.17) is 4.74 Å². The number of likely N-dealkylation sites (tertiary alicyclic amines) is 1. The second-order valence-electron chi connectivity index (χ2n) is 6.53. The van der Waals surface area contributed by atoms with Crippen molar-refractivity contribution in [2.75, 3.05) is 26.2 Å². The van der Waals surface area contributed by atoms with E-state index in [-0.39, 0.29) is 5.60 Å². The number of nitrogens with one attached hydrogen (secondary N) is 1. The Labute approximate surface area is 112 Å². The van der Waals surface area contributed by atoms with E-state index in [1.807, 2.05) is 0 Å². The topological polar surface area (TPSA) is 24.5 Å². The van der Waals surface area contributed by atoms with E-state index >= 15 is 0 Å². The van der Waals surface area contributed by atoms with Crippen molar-refractivity contribution in [3.05, 3.63) is 0 Å². The largest absolute Gasteiger partial charge is 0.371 e. The van der Waals surface area contributed by atoms with Gasteiger partial charge in [-0.25, -0.2) is 0 Å². The molecule has 2 unspecified atom stereocenters. The van der Waals surface area contributed by atoms with Crippen molar-refractivity contribution >= 4 is 0 Å². The standard InChI is InChI=1S/C15H30N2O/c1-4-9-16-11-13-6-5-10-17(13)12-14-7-8-15(2,3)18-14/h13-14,16H,4-12H2,1-3H3. The summed E-state index contributed by atoms with van der Waals surface area (Å²) in [6.45, 7) is 11.4. The molecule has 0 amide bonds. The molecule has 0 bridgehead atoms. The molecule has 2 rings (SSSR count). The number of ether oxygens (including phenoxy) is 1. The fraction of sp³-hybridized carbons (Fsp3) is 1.00. The molecule has 1 N–H and O–H groups in total. The molecule has 0 saturated carbocycles. The van der Waals surface area contributed by atoms with Gasteiger partial charge in [0.15, 0.2) is 0 Å². The highest BCUT2D eigenvalue weighted by Crippen LogP contribution is 2.31. The first-order valence-electron chi connectivity index (χ1n) is 7.73. The quantitative estimate of drug-likeness (QED) is 0.737. The lowest BCUT2D eigenvalue weighted by molar-refractivity contribution is -0.0299. The van der Waals surface area contributed by atoms with Gasteiger partial charge in [-0.05, 0) is 59.0 Å². The molecule has 0 aromatic rings. The minimum atomic E-state index is 0.111. The summed E-state index contributed by atoms with van der Waals surface area (Å²) < 4.78 is 6.12. The van der Waals surface area contributed by atoms with E-state index < -0.39 is 0 Å². The van der Waals surface area contributed by atoms with Crippen LogP contribution in [-0.2, 0) is 4.74 Å². The van der Waals surface area contributed by atoms with Gasteiger partial charge in [-0.2, -0.15) is 0 Å². The van der Waals surface area contributed by atoms with Crippen LogP contribution in [0.3, 0.4) is 0 Å². The minimum Gasteiger partial charge on any atom is -0.371 e. The fourth-order valence-corrected chi connectivity index (χ4v) is 3.28. The van der Waals surface area contributed by atoms with Crippen molar-refractivity contribution in [3.8, 4) is 0 Å². The molecule has 106 valence electrons. The molecule has 2 fully saturated rings. The maximum Gasteiger partial charge on any atom is 0.0710 e. The maximum atomic E-state index is 6.12. The number of nitrogens with zero attached hydrogens (tertiary/aromatic N) is 1. The van der Waals surface area contributed by atoms with Crippen molar-refractivity contribution in [2.45, 2.75) is 70.6 Å². The third-order valence-corrected chi connectivity index (χ3v) is 4.30. The van der Waals surface area contributed by atoms with Crippen LogP contribution < -0.4 is 5.32 Å². The Morgan fingerprint density at radius 1 is 1.33 bits per heavy atom. The van der Waals surface area contributed by atoms with Crippen LogP contribution in [0.4, 0.5) is 0 Å². The van der Waals surface area contributed by atoms with E-state index in [0.29, 0.717) is 6.10 Å². The molecule has 0 radical (unpaired) electrons. The third kappa shape index (κ3) is 3.94. The highest BCUT2D eigenvalue weighted by atomic mass is 16.5. The summed E-state index contributed by atoms with van der Waals surface area (Å²) in [6, 6.07) is 0.740. The normalized spacial score (nSPS) is 32.2. The first-order chi connectivity index (χ1) is 8.61. The van der Waals surface area contributed by atoms with Gasteiger partial charge < -0.3 is 10.1 Å². The Balaban J connectivity index is 1.74. The molecule has 0 aliphatic carbocycles. The van der Waals surface area contributed by atoms with Crippen LogP contribution in [0.1, 0.15) is 52.9 Å². The number of hydrogen-bond acceptors (Lipinski definition) is 3. The predicted molar refractivity (Wildman–Crippen MR) is 75.9 cm³/mol. The molecule has 2 aliphatic heterocycles. The molecule has 3 heteroatoms. The summed E-state index contributed by atoms with van der Waals surface area (Å²) in [6.07, 6.45) is 6.85. The molecule has 0 spiro atoms. The Morgan fingerprint density at radius 3 is 2.83 bits per heavy atom. The zero-order valence-corrected chi connectivity index (χ0v) is 12.4. The summed E-state index contributed by atoms with van der Waals surface area (Å²) in [5, 5.41) is 3.57. The Bertz CT molecular complexity index is 255. The molecule has 0 aromatic carbocycles. The third-order valence-electron chi connectivity index (χ3n) is 4.30. The van der Waals surface area contributed by atoms with Crippen LogP contribution in [-0.4, -0.2) is 48.8 Å². The van der Waals surface area contributed by atoms with Crippen molar-refractivity contribution < 1.29 is 4.74 Å². The maximum absolute atomic E-state index is 6.12. The van der Waals surface area contributed by atoms with Crippen LogP contribution in [0.15, 0.2) is 0 Å². The molecular formula is C15H30N2O. The monoisotopic (exact) mass is 254 g/mol. The SMILES string of the molecule is CCCNCC1CCCN1CC1CCC(C)(C)O1. The first-order valence-corrected chi connectivity index (χ1v) is 7.73. The lowest BCUT2D eigenvalue weighted by Crippen LogP contribution is -2.42. The van der Waals surface area contributed by atoms with E-state index in [1.54, 1.807) is 0 Å². The van der Waals surface area contributed by atoms with Crippen LogP contribution in [0.5, 0.6) is 0 Å². The van der Waals surface area contributed by atoms with Gasteiger partial charge in [0.05, 0.1) is 11.7 Å². The summed E-state index contributed by atoms with van der Waals surface area (Å²) >= 11 is 0. The highest BCUT2D eigenvalue weighted by Gasteiger charge is 2.34. The van der Waals surface area contributed by atoms with Gasteiger partial charge in [-0.1, -0.05) is 6.92 Å². The minimum absolute atomic E-state index is 0.111. The Kier molecular flexibility index (Phi) is 5.05. The summed E-state index contributed by atoms with van der Waals surface area (Å²) in [5.74, 6) is 0. The van der Waals surface area contributed by atoms with Crippen molar-refractivity contribution in [2.24, 2.45) is 0 Å². The van der Waals surface area contributed by atoms with Gasteiger partial charge in [0.2, 0.25) is 0 Å². The molecule has 2 saturated heterocycles. The fourth-order valence-electron chi connectivity index (χ4n) is 3.28. The number of rotatable bonds is 6. The highest BCUT2D eigenvalue weighted by molar-refractivity contribution is 4.87. The lowest BCUT2D eigenvalue weighted by Gasteiger charge is -2.28.